The maximum atomic E-state index is 15.1. The van der Waals surface area contributed by atoms with E-state index in [9.17, 15) is 56.7 Å². The minimum Gasteiger partial charge on any atom is -0.484 e. The molecule has 0 radical (unpaired) electrons. The number of amides is 8. The molecular formula is C54H51F2N6O13PS. The normalized spacial score (nSPS) is 19.2. The summed E-state index contributed by atoms with van der Waals surface area (Å²) in [5.41, 5.74) is -3.62. The van der Waals surface area contributed by atoms with Crippen LogP contribution in [0.2, 0.25) is 0 Å². The third kappa shape index (κ3) is 11.3. The summed E-state index contributed by atoms with van der Waals surface area (Å²) in [5, 5.41) is 7.75. The molecule has 0 spiro atoms. The number of hydrogen-bond acceptors (Lipinski definition) is 12. The minimum absolute atomic E-state index is 0.0138. The molecule has 2 fully saturated rings. The van der Waals surface area contributed by atoms with Crippen molar-refractivity contribution in [2.75, 3.05) is 32.8 Å². The van der Waals surface area contributed by atoms with Crippen LogP contribution in [-0.4, -0.2) is 123 Å². The van der Waals surface area contributed by atoms with Crippen molar-refractivity contribution in [3.05, 3.63) is 135 Å². The molecule has 2 unspecified atom stereocenters. The number of piperidine rings is 1. The van der Waals surface area contributed by atoms with Crippen molar-refractivity contribution in [3.8, 4) is 17.6 Å². The fraction of sp³-hybridized carbons (Fsp3) is 0.333. The van der Waals surface area contributed by atoms with Crippen LogP contribution >= 0.6 is 18.9 Å². The van der Waals surface area contributed by atoms with Gasteiger partial charge in [-0.1, -0.05) is 75.1 Å². The molecule has 23 heteroatoms. The first kappa shape index (κ1) is 54.1. The third-order valence-corrected chi connectivity index (χ3v) is 15.8. The Hall–Kier alpha value is -7.67. The molecule has 77 heavy (non-hydrogen) atoms. The number of carbonyl (C=O) groups is 8. The van der Waals surface area contributed by atoms with Crippen LogP contribution in [0.1, 0.15) is 97.9 Å². The molecule has 4 aliphatic heterocycles. The van der Waals surface area contributed by atoms with Gasteiger partial charge in [0.15, 0.2) is 6.61 Å². The molecule has 9 rings (SSSR count). The molecule has 0 bridgehead atoms. The standard InChI is InChI=1S/C54H51F2N6O13PS/c1-53(2,3)46(59-48(66)43-26-33-23-35(13-17-42(33)77-43)54(55,56)76(71,72)73)52(70)61-27-34-24-36(14-12-32(34)25-40(61)51(69)60-20-21-74-41(28-60)31-9-5-4-6-10-31)75-29-45(64)57-19-7-8-30-11-15-37-38(22-30)50(68)62(49(37)67)39-16-18-44(63)58-47(39)65/h4-6,9-15,17,22-24,26,39-41,46H,16,18-21,25,27-29H2,1-3H3,(H,57,64)(H,59,66)(H,58,63,65)(H2,71,72,73)/t39?,40-,41?,46+/m0/s1. The molecule has 4 aliphatic rings. The Labute approximate surface area is 443 Å². The van der Waals surface area contributed by atoms with Crippen LogP contribution < -0.4 is 20.7 Å². The van der Waals surface area contributed by atoms with E-state index in [-0.39, 0.29) is 85.1 Å². The summed E-state index contributed by atoms with van der Waals surface area (Å²) >= 11 is 0.931. The Balaban J connectivity index is 0.893. The van der Waals surface area contributed by atoms with Crippen molar-refractivity contribution < 1.29 is 71.0 Å². The summed E-state index contributed by atoms with van der Waals surface area (Å²) in [4.78, 5) is 130. The largest absolute Gasteiger partial charge is 0.484 e. The Morgan fingerprint density at radius 3 is 2.42 bits per heavy atom. The van der Waals surface area contributed by atoms with Crippen molar-refractivity contribution in [2.24, 2.45) is 5.41 Å². The molecular weight excluding hydrogens is 1040 g/mol. The average molecular weight is 1090 g/mol. The van der Waals surface area contributed by atoms with Gasteiger partial charge >= 0.3 is 13.3 Å². The van der Waals surface area contributed by atoms with E-state index in [2.05, 4.69) is 27.8 Å². The molecule has 0 aliphatic carbocycles. The smallest absolute Gasteiger partial charge is 0.399 e. The van der Waals surface area contributed by atoms with Gasteiger partial charge in [-0.05, 0) is 82.4 Å². The topological polar surface area (TPSA) is 258 Å². The highest BCUT2D eigenvalue weighted by Gasteiger charge is 2.51. The highest BCUT2D eigenvalue weighted by molar-refractivity contribution is 7.52. The Morgan fingerprint density at radius 2 is 1.69 bits per heavy atom. The first-order valence-electron chi connectivity index (χ1n) is 24.4. The quantitative estimate of drug-likeness (QED) is 0.0642. The summed E-state index contributed by atoms with van der Waals surface area (Å²) < 4.78 is 53.2. The lowest BCUT2D eigenvalue weighted by Gasteiger charge is -2.43. The summed E-state index contributed by atoms with van der Waals surface area (Å²) in [6.07, 6.45) is -0.337. The second kappa shape index (κ2) is 21.4. The number of nitrogens with zero attached hydrogens (tertiary/aromatic N) is 3. The summed E-state index contributed by atoms with van der Waals surface area (Å²) in [6.45, 7) is 5.27. The number of hydrogen-bond donors (Lipinski definition) is 5. The van der Waals surface area contributed by atoms with E-state index in [1.54, 1.807) is 43.9 Å². The van der Waals surface area contributed by atoms with Gasteiger partial charge in [0.05, 0.1) is 35.7 Å². The summed E-state index contributed by atoms with van der Waals surface area (Å²) in [6, 6.07) is 19.8. The van der Waals surface area contributed by atoms with Gasteiger partial charge < -0.3 is 39.7 Å². The van der Waals surface area contributed by atoms with Gasteiger partial charge in [0.2, 0.25) is 23.6 Å². The molecule has 19 nitrogen and oxygen atoms in total. The molecule has 400 valence electrons. The number of halogens is 2. The number of alkyl halides is 2. The van der Waals surface area contributed by atoms with E-state index in [4.69, 9.17) is 9.47 Å². The monoisotopic (exact) mass is 1090 g/mol. The molecule has 5 N–H and O–H groups in total. The van der Waals surface area contributed by atoms with Gasteiger partial charge in [-0.2, -0.15) is 8.78 Å². The van der Waals surface area contributed by atoms with Crippen molar-refractivity contribution in [1.82, 2.24) is 30.7 Å². The van der Waals surface area contributed by atoms with Crippen LogP contribution in [0.4, 0.5) is 8.78 Å². The Bertz CT molecular complexity index is 3380. The second-order valence-electron chi connectivity index (χ2n) is 20.0. The zero-order valence-corrected chi connectivity index (χ0v) is 43.4. The number of carbonyl (C=O) groups excluding carboxylic acids is 8. The number of morpholine rings is 1. The number of rotatable bonds is 12. The van der Waals surface area contributed by atoms with Crippen LogP contribution in [0.3, 0.4) is 0 Å². The fourth-order valence-electron chi connectivity index (χ4n) is 9.60. The zero-order valence-electron chi connectivity index (χ0n) is 41.7. The molecule has 2 saturated heterocycles. The minimum atomic E-state index is -5.87. The van der Waals surface area contributed by atoms with E-state index >= 15 is 4.79 Å². The van der Waals surface area contributed by atoms with Gasteiger partial charge in [-0.3, -0.25) is 53.1 Å². The van der Waals surface area contributed by atoms with Crippen LogP contribution in [0.25, 0.3) is 10.1 Å². The highest BCUT2D eigenvalue weighted by atomic mass is 32.1. The number of thiophene rings is 1. The van der Waals surface area contributed by atoms with E-state index in [1.807, 2.05) is 30.3 Å². The van der Waals surface area contributed by atoms with Crippen LogP contribution in [-0.2, 0) is 51.9 Å². The maximum absolute atomic E-state index is 15.1. The van der Waals surface area contributed by atoms with Crippen molar-refractivity contribution in [3.63, 3.8) is 0 Å². The van der Waals surface area contributed by atoms with Crippen molar-refractivity contribution >= 4 is 76.3 Å². The molecule has 4 aromatic carbocycles. The summed E-state index contributed by atoms with van der Waals surface area (Å²) in [5.74, 6) is 1.20. The summed E-state index contributed by atoms with van der Waals surface area (Å²) in [7, 11) is -5.87. The first-order chi connectivity index (χ1) is 36.5. The Morgan fingerprint density at radius 1 is 0.935 bits per heavy atom. The lowest BCUT2D eigenvalue weighted by Crippen LogP contribution is -2.61. The second-order valence-corrected chi connectivity index (χ2v) is 22.7. The van der Waals surface area contributed by atoms with Gasteiger partial charge in [-0.25, -0.2) is 0 Å². The first-order valence-corrected chi connectivity index (χ1v) is 26.8. The number of fused-ring (bicyclic) bond motifs is 3. The number of benzene rings is 4. The Kier molecular flexibility index (Phi) is 15.0. The van der Waals surface area contributed by atoms with E-state index in [1.165, 1.54) is 35.2 Å². The fourth-order valence-corrected chi connectivity index (χ4v) is 11.0. The molecule has 4 atom stereocenters. The number of nitrogens with one attached hydrogen (secondary N) is 3. The van der Waals surface area contributed by atoms with Gasteiger partial charge in [-0.15, -0.1) is 11.3 Å². The van der Waals surface area contributed by atoms with Crippen molar-refractivity contribution in [1.29, 1.82) is 0 Å². The van der Waals surface area contributed by atoms with Gasteiger partial charge in [0, 0.05) is 41.8 Å². The predicted octanol–water partition coefficient (Wildman–Crippen LogP) is 4.77. The highest BCUT2D eigenvalue weighted by Crippen LogP contribution is 2.59. The van der Waals surface area contributed by atoms with Crippen LogP contribution in [0, 0.1) is 17.3 Å². The maximum Gasteiger partial charge on any atom is 0.399 e. The molecule has 5 heterocycles. The lowest BCUT2D eigenvalue weighted by molar-refractivity contribution is -0.153. The lowest BCUT2D eigenvalue weighted by atomic mass is 9.84. The average Bonchev–Trinajstić information content (AvgIpc) is 4.00. The number of ether oxygens (including phenoxy) is 2. The van der Waals surface area contributed by atoms with Gasteiger partial charge in [0.1, 0.15) is 30.0 Å². The van der Waals surface area contributed by atoms with Gasteiger partial charge in [0.25, 0.3) is 23.6 Å². The molecule has 8 amide bonds. The van der Waals surface area contributed by atoms with Crippen molar-refractivity contribution in [2.45, 2.75) is 76.5 Å². The predicted molar refractivity (Wildman–Crippen MR) is 273 cm³/mol. The molecule has 0 saturated carbocycles. The van der Waals surface area contributed by atoms with Crippen LogP contribution in [0.15, 0.2) is 91.0 Å². The van der Waals surface area contributed by atoms with Crippen LogP contribution in [0.5, 0.6) is 5.75 Å². The zero-order chi connectivity index (χ0) is 55.1. The number of imide groups is 2. The SMILES string of the molecule is CC(C)(C)[C@H](NC(=O)c1cc2cc(C(F)(F)P(=O)(O)O)ccc2s1)C(=O)N1Cc2cc(OCC(=O)NCC#Cc3ccc4c(c3)C(=O)N(C3CCC(=O)NC3=O)C4=O)ccc2C[C@H]1C(=O)N1CCOC(c2ccccc2)C1. The third-order valence-electron chi connectivity index (χ3n) is 13.7. The molecule has 1 aromatic heterocycles. The molecule has 5 aromatic rings. The van der Waals surface area contributed by atoms with E-state index in [0.717, 1.165) is 39.5 Å². The van der Waals surface area contributed by atoms with E-state index in [0.29, 0.717) is 15.8 Å². The van der Waals surface area contributed by atoms with E-state index < -0.39 is 96.4 Å².